The van der Waals surface area contributed by atoms with E-state index in [2.05, 4.69) is 97.0 Å². The first-order valence-electron chi connectivity index (χ1n) is 14.7. The second-order valence-corrected chi connectivity index (χ2v) is 13.6. The summed E-state index contributed by atoms with van der Waals surface area (Å²) in [6.07, 6.45) is 0. The number of benzene rings is 6. The highest BCUT2D eigenvalue weighted by molar-refractivity contribution is 6.63. The van der Waals surface area contributed by atoms with Crippen LogP contribution in [0.5, 0.6) is 0 Å². The van der Waals surface area contributed by atoms with Crippen LogP contribution in [0.15, 0.2) is 91.0 Å². The molecule has 0 radical (unpaired) electrons. The molecule has 6 heteroatoms. The minimum atomic E-state index is -1.38. The van der Waals surface area contributed by atoms with E-state index in [1.807, 2.05) is 30.3 Å². The summed E-state index contributed by atoms with van der Waals surface area (Å²) in [6.45, 7) is 15.2. The molecule has 42 heavy (non-hydrogen) atoms. The predicted octanol–water partition coefficient (Wildman–Crippen LogP) is 6.70. The normalized spacial score (nSPS) is 16.4. The maximum atomic E-state index is 8.94. The van der Waals surface area contributed by atoms with Crippen molar-refractivity contribution < 1.29 is 19.4 Å². The van der Waals surface area contributed by atoms with Crippen molar-refractivity contribution >= 4 is 68.3 Å². The van der Waals surface area contributed by atoms with Crippen molar-refractivity contribution in [3.63, 3.8) is 0 Å². The molecule has 7 rings (SSSR count). The fourth-order valence-corrected chi connectivity index (χ4v) is 5.78. The maximum absolute atomic E-state index is 8.94. The van der Waals surface area contributed by atoms with Gasteiger partial charge in [-0.2, -0.15) is 0 Å². The SMILES string of the molecule is CC(C)(C)c1cc2ccc3cc(B4OC(C)(C)C(C)(C)O4)cc4ccc(c1)c2c34.OB(O)c1ccc2ccccc2c1. The Balaban J connectivity index is 0.000000203. The standard InChI is InChI=1S/C26H29BO2.C10H9BO2/c1-24(2,3)20-12-16-8-10-18-14-21(27-28-25(4,5)26(6,7)29-27)15-19-11-9-17(13-20)22(16)23(18)19;12-11(13)10-6-5-8-3-1-2-4-9(8)7-10/h8-15H,1-7H3;1-7,12-13H. The Kier molecular flexibility index (Phi) is 6.90. The molecule has 1 aliphatic heterocycles. The van der Waals surface area contributed by atoms with Crippen molar-refractivity contribution in [2.24, 2.45) is 0 Å². The molecule has 1 saturated heterocycles. The Morgan fingerprint density at radius 1 is 0.595 bits per heavy atom. The van der Waals surface area contributed by atoms with Crippen LogP contribution in [0, 0.1) is 0 Å². The molecule has 4 nitrogen and oxygen atoms in total. The highest BCUT2D eigenvalue weighted by Crippen LogP contribution is 2.39. The lowest BCUT2D eigenvalue weighted by molar-refractivity contribution is 0.00578. The molecule has 0 bridgehead atoms. The topological polar surface area (TPSA) is 58.9 Å². The van der Waals surface area contributed by atoms with E-state index in [0.29, 0.717) is 5.46 Å². The van der Waals surface area contributed by atoms with Crippen molar-refractivity contribution in [1.82, 2.24) is 0 Å². The molecule has 0 saturated carbocycles. The van der Waals surface area contributed by atoms with Crippen LogP contribution in [-0.2, 0) is 14.7 Å². The van der Waals surface area contributed by atoms with E-state index >= 15 is 0 Å². The molecule has 0 atom stereocenters. The van der Waals surface area contributed by atoms with Crippen LogP contribution in [-0.4, -0.2) is 35.5 Å². The van der Waals surface area contributed by atoms with Crippen LogP contribution >= 0.6 is 0 Å². The van der Waals surface area contributed by atoms with Crippen LogP contribution in [0.25, 0.3) is 43.1 Å². The van der Waals surface area contributed by atoms with Crippen LogP contribution in [0.4, 0.5) is 0 Å². The van der Waals surface area contributed by atoms with E-state index in [1.165, 1.54) is 37.9 Å². The second kappa shape index (κ2) is 10.1. The predicted molar refractivity (Wildman–Crippen MR) is 178 cm³/mol. The summed E-state index contributed by atoms with van der Waals surface area (Å²) < 4.78 is 12.6. The Morgan fingerprint density at radius 2 is 1.05 bits per heavy atom. The molecule has 0 amide bonds. The van der Waals surface area contributed by atoms with Gasteiger partial charge in [0, 0.05) is 0 Å². The Labute approximate surface area is 248 Å². The molecule has 0 unspecified atom stereocenters. The fraction of sp³-hybridized carbons (Fsp3) is 0.278. The first kappa shape index (κ1) is 28.7. The molecule has 0 aromatic heterocycles. The second-order valence-electron chi connectivity index (χ2n) is 13.6. The van der Waals surface area contributed by atoms with Gasteiger partial charge in [-0.25, -0.2) is 0 Å². The van der Waals surface area contributed by atoms with Gasteiger partial charge in [0.05, 0.1) is 11.2 Å². The molecule has 2 N–H and O–H groups in total. The van der Waals surface area contributed by atoms with E-state index in [0.717, 1.165) is 16.2 Å². The van der Waals surface area contributed by atoms with Crippen LogP contribution < -0.4 is 10.9 Å². The molecule has 6 aromatic rings. The molecule has 1 fully saturated rings. The molecule has 212 valence electrons. The minimum absolute atomic E-state index is 0.133. The van der Waals surface area contributed by atoms with Gasteiger partial charge < -0.3 is 19.4 Å². The zero-order valence-corrected chi connectivity index (χ0v) is 25.5. The van der Waals surface area contributed by atoms with Crippen molar-refractivity contribution in [3.05, 3.63) is 96.6 Å². The zero-order valence-electron chi connectivity index (χ0n) is 25.5. The monoisotopic (exact) mass is 556 g/mol. The molecule has 6 aromatic carbocycles. The lowest BCUT2D eigenvalue weighted by Crippen LogP contribution is -2.41. The van der Waals surface area contributed by atoms with Crippen LogP contribution in [0.2, 0.25) is 0 Å². The largest absolute Gasteiger partial charge is 0.494 e. The Bertz CT molecular complexity index is 1840. The third-order valence-electron chi connectivity index (χ3n) is 9.02. The van der Waals surface area contributed by atoms with E-state index < -0.39 is 7.12 Å². The van der Waals surface area contributed by atoms with E-state index in [9.17, 15) is 0 Å². The Hall–Kier alpha value is -3.41. The van der Waals surface area contributed by atoms with Crippen molar-refractivity contribution in [1.29, 1.82) is 0 Å². The van der Waals surface area contributed by atoms with Gasteiger partial charge in [-0.05, 0) is 92.7 Å². The maximum Gasteiger partial charge on any atom is 0.494 e. The average molecular weight is 556 g/mol. The fourth-order valence-electron chi connectivity index (χ4n) is 5.78. The first-order chi connectivity index (χ1) is 19.7. The van der Waals surface area contributed by atoms with Crippen LogP contribution in [0.1, 0.15) is 54.0 Å². The number of hydrogen-bond acceptors (Lipinski definition) is 4. The summed E-state index contributed by atoms with van der Waals surface area (Å²) in [6, 6.07) is 31.4. The highest BCUT2D eigenvalue weighted by Gasteiger charge is 2.51. The first-order valence-corrected chi connectivity index (χ1v) is 14.7. The number of rotatable bonds is 2. The molecule has 1 aliphatic rings. The van der Waals surface area contributed by atoms with Gasteiger partial charge in [-0.1, -0.05) is 112 Å². The summed E-state index contributed by atoms with van der Waals surface area (Å²) in [5.74, 6) is 0. The lowest BCUT2D eigenvalue weighted by Gasteiger charge is -2.32. The van der Waals surface area contributed by atoms with E-state index in [1.54, 1.807) is 12.1 Å². The van der Waals surface area contributed by atoms with Crippen molar-refractivity contribution in [2.45, 2.75) is 65.1 Å². The number of fused-ring (bicyclic) bond motifs is 1. The van der Waals surface area contributed by atoms with Crippen molar-refractivity contribution in [2.75, 3.05) is 0 Å². The third-order valence-corrected chi connectivity index (χ3v) is 9.02. The van der Waals surface area contributed by atoms with E-state index in [4.69, 9.17) is 19.4 Å². The summed E-state index contributed by atoms with van der Waals surface area (Å²) in [5, 5.41) is 27.8. The lowest BCUT2D eigenvalue weighted by atomic mass is 9.76. The molecule has 1 heterocycles. The third kappa shape index (κ3) is 5.07. The van der Waals surface area contributed by atoms with Gasteiger partial charge in [-0.15, -0.1) is 0 Å². The summed E-state index contributed by atoms with van der Waals surface area (Å²) >= 11 is 0. The van der Waals surface area contributed by atoms with Gasteiger partial charge in [0.1, 0.15) is 0 Å². The smallest absolute Gasteiger partial charge is 0.423 e. The molecular weight excluding hydrogens is 518 g/mol. The quantitative estimate of drug-likeness (QED) is 0.184. The summed E-state index contributed by atoms with van der Waals surface area (Å²) in [4.78, 5) is 0. The van der Waals surface area contributed by atoms with Gasteiger partial charge in [0.25, 0.3) is 0 Å². The number of hydrogen-bond donors (Lipinski definition) is 2. The molecular formula is C36H38B2O4. The van der Waals surface area contributed by atoms with Gasteiger partial charge in [0.15, 0.2) is 0 Å². The van der Waals surface area contributed by atoms with Crippen molar-refractivity contribution in [3.8, 4) is 0 Å². The summed E-state index contributed by atoms with van der Waals surface area (Å²) in [7, 11) is -1.72. The minimum Gasteiger partial charge on any atom is -0.423 e. The van der Waals surface area contributed by atoms with Gasteiger partial charge >= 0.3 is 14.2 Å². The van der Waals surface area contributed by atoms with Gasteiger partial charge in [-0.3, -0.25) is 0 Å². The average Bonchev–Trinajstić information content (AvgIpc) is 3.17. The molecule has 0 spiro atoms. The van der Waals surface area contributed by atoms with Crippen LogP contribution in [0.3, 0.4) is 0 Å². The zero-order chi connectivity index (χ0) is 30.0. The van der Waals surface area contributed by atoms with E-state index in [-0.39, 0.29) is 23.7 Å². The molecule has 0 aliphatic carbocycles. The van der Waals surface area contributed by atoms with Gasteiger partial charge in [0.2, 0.25) is 0 Å². The highest BCUT2D eigenvalue weighted by atomic mass is 16.7. The summed E-state index contributed by atoms with van der Waals surface area (Å²) in [5.41, 5.74) is 2.46. The Morgan fingerprint density at radius 3 is 1.52 bits per heavy atom.